The van der Waals surface area contributed by atoms with Gasteiger partial charge in [0.1, 0.15) is 17.8 Å². The normalized spacial score (nSPS) is 16.7. The molecule has 0 bridgehead atoms. The Kier molecular flexibility index (Phi) is 6.10. The molecule has 8 nitrogen and oxygen atoms in total. The second kappa shape index (κ2) is 8.93. The first-order valence-corrected chi connectivity index (χ1v) is 10.8. The number of Topliss-reactive ketones (excluding diaryl/α,β-unsaturated/α-hetero) is 1. The van der Waals surface area contributed by atoms with Gasteiger partial charge in [-0.1, -0.05) is 0 Å². The van der Waals surface area contributed by atoms with Gasteiger partial charge in [0.25, 0.3) is 5.91 Å². The van der Waals surface area contributed by atoms with E-state index in [1.807, 2.05) is 11.8 Å². The quantitative estimate of drug-likeness (QED) is 0.641. The highest BCUT2D eigenvalue weighted by Gasteiger charge is 2.23. The largest absolute Gasteiger partial charge is 0.482 e. The molecule has 1 aromatic carbocycles. The van der Waals surface area contributed by atoms with E-state index < -0.39 is 0 Å². The highest BCUT2D eigenvalue weighted by atomic mass is 32.2. The van der Waals surface area contributed by atoms with Crippen LogP contribution in [0.1, 0.15) is 16.1 Å². The topological polar surface area (TPSA) is 89.3 Å². The van der Waals surface area contributed by atoms with Crippen molar-refractivity contribution in [2.45, 2.75) is 6.54 Å². The van der Waals surface area contributed by atoms with E-state index in [1.54, 1.807) is 25.2 Å². The van der Waals surface area contributed by atoms with Crippen molar-refractivity contribution in [3.63, 3.8) is 0 Å². The molecule has 0 saturated carbocycles. The Bertz CT molecular complexity index is 1010. The van der Waals surface area contributed by atoms with E-state index in [9.17, 15) is 14.4 Å². The number of rotatable bonds is 6. The van der Waals surface area contributed by atoms with Crippen LogP contribution in [0, 0.1) is 0 Å². The van der Waals surface area contributed by atoms with Crippen LogP contribution in [-0.2, 0) is 11.3 Å². The summed E-state index contributed by atoms with van der Waals surface area (Å²) < 4.78 is 16.3. The molecule has 0 atom stereocenters. The Balaban J connectivity index is 1.39. The summed E-state index contributed by atoms with van der Waals surface area (Å²) in [7, 11) is 1.63. The molecule has 0 radical (unpaired) electrons. The molecule has 4 rings (SSSR count). The Morgan fingerprint density at radius 2 is 2.00 bits per heavy atom. The molecular weight excluding hydrogens is 408 g/mol. The van der Waals surface area contributed by atoms with Gasteiger partial charge in [-0.3, -0.25) is 19.3 Å². The molecule has 0 aliphatic carbocycles. The fraction of sp³-hybridized carbons (Fsp3) is 0.381. The lowest BCUT2D eigenvalue weighted by atomic mass is 10.1. The molecule has 2 aliphatic rings. The van der Waals surface area contributed by atoms with Gasteiger partial charge in [0.2, 0.25) is 11.2 Å². The van der Waals surface area contributed by atoms with Crippen LogP contribution in [0.25, 0.3) is 0 Å². The van der Waals surface area contributed by atoms with E-state index >= 15 is 0 Å². The SMILES string of the molecule is CN1C(=O)COc2ccc(C(=O)COc3coc(CN4CCSCC4)cc3=O)cc21. The van der Waals surface area contributed by atoms with Gasteiger partial charge in [-0.15, -0.1) is 0 Å². The highest BCUT2D eigenvalue weighted by molar-refractivity contribution is 7.99. The number of thioether (sulfide) groups is 1. The van der Waals surface area contributed by atoms with Gasteiger partial charge in [0.15, 0.2) is 19.0 Å². The molecule has 30 heavy (non-hydrogen) atoms. The average molecular weight is 430 g/mol. The number of anilines is 1. The fourth-order valence-electron chi connectivity index (χ4n) is 3.28. The van der Waals surface area contributed by atoms with E-state index in [1.165, 1.54) is 17.2 Å². The standard InChI is InChI=1S/C21H22N2O6S/c1-22-16-8-14(2-3-19(16)29-13-21(22)26)18(25)11-28-20-12-27-15(9-17(20)24)10-23-4-6-30-7-5-23/h2-3,8-9,12H,4-7,10-11,13H2,1H3. The molecule has 9 heteroatoms. The highest BCUT2D eigenvalue weighted by Crippen LogP contribution is 2.32. The monoisotopic (exact) mass is 430 g/mol. The van der Waals surface area contributed by atoms with Crippen LogP contribution in [0.3, 0.4) is 0 Å². The number of likely N-dealkylation sites (N-methyl/N-ethyl adjacent to an activating group) is 1. The third kappa shape index (κ3) is 4.52. The van der Waals surface area contributed by atoms with Crippen molar-refractivity contribution in [3.05, 3.63) is 52.1 Å². The summed E-state index contributed by atoms with van der Waals surface area (Å²) in [6, 6.07) is 6.25. The zero-order valence-electron chi connectivity index (χ0n) is 16.6. The molecular formula is C21H22N2O6S. The van der Waals surface area contributed by atoms with E-state index in [4.69, 9.17) is 13.9 Å². The first kappa shape index (κ1) is 20.5. The number of hydrogen-bond acceptors (Lipinski definition) is 8. The molecule has 158 valence electrons. The molecule has 3 heterocycles. The minimum atomic E-state index is -0.321. The predicted octanol–water partition coefficient (Wildman–Crippen LogP) is 1.81. The Morgan fingerprint density at radius 1 is 1.20 bits per heavy atom. The van der Waals surface area contributed by atoms with Crippen LogP contribution in [-0.4, -0.2) is 61.4 Å². The number of carbonyl (C=O) groups is 2. The van der Waals surface area contributed by atoms with Gasteiger partial charge >= 0.3 is 0 Å². The number of benzene rings is 1. The van der Waals surface area contributed by atoms with E-state index in [0.29, 0.717) is 29.3 Å². The Labute approximate surface area is 177 Å². The van der Waals surface area contributed by atoms with Crippen molar-refractivity contribution in [1.29, 1.82) is 0 Å². The zero-order valence-corrected chi connectivity index (χ0v) is 17.4. The number of carbonyl (C=O) groups excluding carboxylic acids is 2. The Morgan fingerprint density at radius 3 is 2.77 bits per heavy atom. The third-order valence-corrected chi connectivity index (χ3v) is 6.00. The maximum absolute atomic E-state index is 12.5. The van der Waals surface area contributed by atoms with Gasteiger partial charge in [0.05, 0.1) is 12.2 Å². The van der Waals surface area contributed by atoms with Crippen molar-refractivity contribution >= 4 is 29.1 Å². The summed E-state index contributed by atoms with van der Waals surface area (Å²) in [4.78, 5) is 40.3. The summed E-state index contributed by atoms with van der Waals surface area (Å²) in [6.07, 6.45) is 1.26. The van der Waals surface area contributed by atoms with Crippen LogP contribution in [0.5, 0.6) is 11.5 Å². The molecule has 2 aromatic rings. The van der Waals surface area contributed by atoms with Crippen LogP contribution < -0.4 is 19.8 Å². The van der Waals surface area contributed by atoms with Crippen molar-refractivity contribution in [2.24, 2.45) is 0 Å². The molecule has 2 aliphatic heterocycles. The van der Waals surface area contributed by atoms with Crippen LogP contribution in [0.15, 0.2) is 39.7 Å². The number of hydrogen-bond donors (Lipinski definition) is 0. The summed E-state index contributed by atoms with van der Waals surface area (Å²) in [5.41, 5.74) is 0.569. The molecule has 0 unspecified atom stereocenters. The van der Waals surface area contributed by atoms with E-state index in [0.717, 1.165) is 24.6 Å². The van der Waals surface area contributed by atoms with Crippen LogP contribution in [0.4, 0.5) is 5.69 Å². The van der Waals surface area contributed by atoms with Crippen molar-refractivity contribution in [2.75, 3.05) is 49.8 Å². The number of fused-ring (bicyclic) bond motifs is 1. The molecule has 0 N–H and O–H groups in total. The number of amides is 1. The van der Waals surface area contributed by atoms with Crippen molar-refractivity contribution in [1.82, 2.24) is 4.90 Å². The average Bonchev–Trinajstić information content (AvgIpc) is 2.76. The number of ether oxygens (including phenoxy) is 2. The van der Waals surface area contributed by atoms with Crippen molar-refractivity contribution in [3.8, 4) is 11.5 Å². The molecule has 1 aromatic heterocycles. The minimum Gasteiger partial charge on any atom is -0.482 e. The lowest BCUT2D eigenvalue weighted by Gasteiger charge is -2.26. The first-order valence-electron chi connectivity index (χ1n) is 9.62. The summed E-state index contributed by atoms with van der Waals surface area (Å²) in [6.45, 7) is 2.17. The zero-order chi connectivity index (χ0) is 21.1. The van der Waals surface area contributed by atoms with Gasteiger partial charge in [-0.25, -0.2) is 0 Å². The second-order valence-corrected chi connectivity index (χ2v) is 8.32. The second-order valence-electron chi connectivity index (χ2n) is 7.10. The maximum Gasteiger partial charge on any atom is 0.264 e. The Hall–Kier alpha value is -2.78. The molecule has 1 amide bonds. The van der Waals surface area contributed by atoms with Gasteiger partial charge in [0, 0.05) is 43.3 Å². The van der Waals surface area contributed by atoms with E-state index in [2.05, 4.69) is 4.90 Å². The van der Waals surface area contributed by atoms with Crippen molar-refractivity contribution < 1.29 is 23.5 Å². The summed E-state index contributed by atoms with van der Waals surface area (Å²) in [5, 5.41) is 0. The lowest BCUT2D eigenvalue weighted by molar-refractivity contribution is -0.120. The molecule has 0 spiro atoms. The molecule has 1 saturated heterocycles. The molecule has 1 fully saturated rings. The van der Waals surface area contributed by atoms with Gasteiger partial charge < -0.3 is 18.8 Å². The number of nitrogens with zero attached hydrogens (tertiary/aromatic N) is 2. The maximum atomic E-state index is 12.5. The predicted molar refractivity (Wildman–Crippen MR) is 113 cm³/mol. The number of ketones is 1. The third-order valence-electron chi connectivity index (χ3n) is 5.06. The lowest BCUT2D eigenvalue weighted by Crippen LogP contribution is -2.35. The van der Waals surface area contributed by atoms with Crippen LogP contribution in [0.2, 0.25) is 0 Å². The van der Waals surface area contributed by atoms with Gasteiger partial charge in [-0.2, -0.15) is 11.8 Å². The van der Waals surface area contributed by atoms with Gasteiger partial charge in [-0.05, 0) is 18.2 Å². The summed E-state index contributed by atoms with van der Waals surface area (Å²) in [5.74, 6) is 2.75. The summed E-state index contributed by atoms with van der Waals surface area (Å²) >= 11 is 1.92. The smallest absolute Gasteiger partial charge is 0.264 e. The van der Waals surface area contributed by atoms with E-state index in [-0.39, 0.29) is 36.1 Å². The minimum absolute atomic E-state index is 0.00473. The first-order chi connectivity index (χ1) is 14.5. The van der Waals surface area contributed by atoms with Crippen LogP contribution >= 0.6 is 11.8 Å². The fourth-order valence-corrected chi connectivity index (χ4v) is 4.26.